The second-order valence-electron chi connectivity index (χ2n) is 11.2. The Balaban J connectivity index is 1.72. The van der Waals surface area contributed by atoms with Crippen LogP contribution >= 0.6 is 0 Å². The number of nitrogens with two attached hydrogens (primary N) is 1. The number of benzene rings is 3. The van der Waals surface area contributed by atoms with E-state index in [1.165, 1.54) is 16.1 Å². The van der Waals surface area contributed by atoms with E-state index in [1.807, 2.05) is 44.2 Å². The highest BCUT2D eigenvalue weighted by Gasteiger charge is 2.23. The molecule has 0 spiro atoms. The van der Waals surface area contributed by atoms with Crippen LogP contribution in [0.5, 0.6) is 0 Å². The lowest BCUT2D eigenvalue weighted by Gasteiger charge is -2.26. The maximum atomic E-state index is 13.7. The van der Waals surface area contributed by atoms with E-state index in [9.17, 15) is 13.2 Å². The van der Waals surface area contributed by atoms with Crippen LogP contribution in [0.4, 0.5) is 5.69 Å². The molecule has 0 radical (unpaired) electrons. The number of carbonyl (C=O) groups is 1. The molecule has 0 saturated heterocycles. The van der Waals surface area contributed by atoms with Gasteiger partial charge < -0.3 is 15.8 Å². The van der Waals surface area contributed by atoms with E-state index in [2.05, 4.69) is 29.6 Å². The summed E-state index contributed by atoms with van der Waals surface area (Å²) in [7, 11) is -3.55. The number of nitrogens with zero attached hydrogens (tertiary/aromatic N) is 1. The number of aryl methyl sites for hydroxylation is 1. The molecule has 0 fully saturated rings. The van der Waals surface area contributed by atoms with Crippen LogP contribution in [0, 0.1) is 0 Å². The van der Waals surface area contributed by atoms with Crippen LogP contribution in [0.15, 0.2) is 72.8 Å². The van der Waals surface area contributed by atoms with Gasteiger partial charge in [-0.1, -0.05) is 61.5 Å². The molecule has 1 amide bonds. The molecular formula is C32H41N3O4S. The number of rotatable bonds is 5. The first kappa shape index (κ1) is 29.8. The summed E-state index contributed by atoms with van der Waals surface area (Å²) in [6.07, 6.45) is 5.04. The van der Waals surface area contributed by atoms with Gasteiger partial charge in [0.05, 0.1) is 31.2 Å². The Morgan fingerprint density at radius 2 is 1.73 bits per heavy atom. The first-order chi connectivity index (χ1) is 19.0. The second kappa shape index (κ2) is 13.0. The van der Waals surface area contributed by atoms with Gasteiger partial charge in [0.2, 0.25) is 10.0 Å². The molecule has 3 aromatic carbocycles. The summed E-state index contributed by atoms with van der Waals surface area (Å²) in [6.45, 7) is 4.71. The van der Waals surface area contributed by atoms with Crippen LogP contribution in [0.2, 0.25) is 0 Å². The molecule has 5 rings (SSSR count). The molecule has 2 aliphatic heterocycles. The number of amides is 1. The average Bonchev–Trinajstić information content (AvgIpc) is 2.91. The summed E-state index contributed by atoms with van der Waals surface area (Å²) >= 11 is 0. The van der Waals surface area contributed by atoms with E-state index in [1.54, 1.807) is 18.2 Å². The van der Waals surface area contributed by atoms with Crippen molar-refractivity contribution in [3.63, 3.8) is 0 Å². The summed E-state index contributed by atoms with van der Waals surface area (Å²) in [5.74, 6) is -0.254. The van der Waals surface area contributed by atoms with Gasteiger partial charge in [-0.3, -0.25) is 9.10 Å². The minimum atomic E-state index is -3.55. The quantitative estimate of drug-likeness (QED) is 0.447. The van der Waals surface area contributed by atoms with Crippen molar-refractivity contribution in [2.45, 2.75) is 64.1 Å². The Morgan fingerprint density at radius 3 is 2.40 bits per heavy atom. The third-order valence-electron chi connectivity index (χ3n) is 7.15. The third kappa shape index (κ3) is 8.16. The van der Waals surface area contributed by atoms with E-state index in [-0.39, 0.29) is 18.6 Å². The number of ether oxygens (including phenoxy) is 1. The summed E-state index contributed by atoms with van der Waals surface area (Å²) in [5, 5.41) is 3.22. The molecule has 2 atom stereocenters. The summed E-state index contributed by atoms with van der Waals surface area (Å²) < 4.78 is 32.7. The number of hydrogen-bond donors (Lipinski definition) is 2. The Morgan fingerprint density at radius 1 is 1.02 bits per heavy atom. The van der Waals surface area contributed by atoms with Gasteiger partial charge in [0.25, 0.3) is 5.91 Å². The first-order valence-corrected chi connectivity index (χ1v) is 15.8. The Kier molecular flexibility index (Phi) is 9.66. The van der Waals surface area contributed by atoms with Gasteiger partial charge in [-0.15, -0.1) is 0 Å². The summed E-state index contributed by atoms with van der Waals surface area (Å²) in [5.41, 5.74) is 11.0. The molecule has 3 aromatic rings. The number of fused-ring (bicyclic) bond motifs is 11. The number of nitrogens with one attached hydrogen (secondary N) is 1. The summed E-state index contributed by atoms with van der Waals surface area (Å²) in [6, 6.07) is 23.6. The number of sulfonamides is 1. The van der Waals surface area contributed by atoms with Crippen LogP contribution in [0.25, 0.3) is 0 Å². The molecule has 2 heterocycles. The molecule has 40 heavy (non-hydrogen) atoms. The minimum Gasteiger partial charge on any atom is -0.375 e. The molecule has 0 aliphatic carbocycles. The minimum absolute atomic E-state index is 0.185. The van der Waals surface area contributed by atoms with E-state index >= 15 is 0 Å². The Hall–Kier alpha value is -3.20. The molecule has 2 aliphatic rings. The lowest BCUT2D eigenvalue weighted by atomic mass is 9.93. The Labute approximate surface area is 238 Å². The van der Waals surface area contributed by atoms with Gasteiger partial charge in [-0.05, 0) is 79.5 Å². The highest BCUT2D eigenvalue weighted by molar-refractivity contribution is 7.92. The monoisotopic (exact) mass is 563 g/mol. The zero-order valence-corrected chi connectivity index (χ0v) is 24.5. The predicted molar refractivity (Wildman–Crippen MR) is 161 cm³/mol. The van der Waals surface area contributed by atoms with E-state index in [0.29, 0.717) is 42.8 Å². The fraction of sp³-hybridized carbons (Fsp3) is 0.406. The van der Waals surface area contributed by atoms with Gasteiger partial charge >= 0.3 is 0 Å². The van der Waals surface area contributed by atoms with Gasteiger partial charge in [0.15, 0.2) is 0 Å². The largest absolute Gasteiger partial charge is 0.375 e. The molecule has 4 bridgehead atoms. The Bertz CT molecular complexity index is 1390. The molecular weight excluding hydrogens is 522 g/mol. The second-order valence-corrected chi connectivity index (χ2v) is 13.1. The topological polar surface area (TPSA) is 102 Å². The molecule has 214 valence electrons. The maximum Gasteiger partial charge on any atom is 0.251 e. The zero-order chi connectivity index (χ0) is 28.8. The zero-order valence-electron chi connectivity index (χ0n) is 23.7. The first-order valence-electron chi connectivity index (χ1n) is 14.0. The number of anilines is 1. The van der Waals surface area contributed by atoms with Gasteiger partial charge in [-0.25, -0.2) is 8.42 Å². The highest BCUT2D eigenvalue weighted by Crippen LogP contribution is 2.26. The standard InChI is InChI=1S/C32H41N3O4S/c1-4-17-35(40(3,37)38)29-19-26-18-28(20-29)31(36)34-30(27-10-6-5-7-11-27)12-8-9-24-13-15-25(16-14-24)21-32(2,33)23-39-22-26/h5-7,10-11,13-16,18-20,30H,4,8-9,12,17,21-23,33H2,1-3H3,(H,34,36). The van der Waals surface area contributed by atoms with Crippen LogP contribution in [0.1, 0.15) is 71.8 Å². The van der Waals surface area contributed by atoms with Crippen molar-refractivity contribution in [3.8, 4) is 0 Å². The van der Waals surface area contributed by atoms with Crippen molar-refractivity contribution in [1.82, 2.24) is 5.32 Å². The predicted octanol–water partition coefficient (Wildman–Crippen LogP) is 5.15. The third-order valence-corrected chi connectivity index (χ3v) is 8.35. The molecule has 2 unspecified atom stereocenters. The van der Waals surface area contributed by atoms with Crippen molar-refractivity contribution >= 4 is 21.6 Å². The van der Waals surface area contributed by atoms with Crippen molar-refractivity contribution in [3.05, 3.63) is 101 Å². The molecule has 8 heteroatoms. The van der Waals surface area contributed by atoms with E-state index in [4.69, 9.17) is 10.5 Å². The van der Waals surface area contributed by atoms with Gasteiger partial charge in [0.1, 0.15) is 0 Å². The van der Waals surface area contributed by atoms with Crippen LogP contribution in [0.3, 0.4) is 0 Å². The van der Waals surface area contributed by atoms with Gasteiger partial charge in [0, 0.05) is 17.6 Å². The summed E-state index contributed by atoms with van der Waals surface area (Å²) in [4.78, 5) is 13.7. The molecule has 3 N–H and O–H groups in total. The number of hydrogen-bond acceptors (Lipinski definition) is 5. The lowest BCUT2D eigenvalue weighted by Crippen LogP contribution is -2.43. The maximum absolute atomic E-state index is 13.7. The van der Waals surface area contributed by atoms with Crippen molar-refractivity contribution < 1.29 is 17.9 Å². The molecule has 0 aromatic heterocycles. The van der Waals surface area contributed by atoms with E-state index in [0.717, 1.165) is 30.4 Å². The van der Waals surface area contributed by atoms with Crippen LogP contribution in [-0.2, 0) is 34.2 Å². The fourth-order valence-electron chi connectivity index (χ4n) is 5.22. The van der Waals surface area contributed by atoms with Crippen molar-refractivity contribution in [2.75, 3.05) is 23.7 Å². The van der Waals surface area contributed by atoms with E-state index < -0.39 is 15.6 Å². The SMILES string of the molecule is CCCN(c1cc2cc(c1)C(=O)NC(c1ccccc1)CCCc1ccc(cc1)CC(C)(N)COC2)S(C)(=O)=O. The van der Waals surface area contributed by atoms with Crippen molar-refractivity contribution in [2.24, 2.45) is 5.73 Å². The van der Waals surface area contributed by atoms with Crippen LogP contribution in [-0.4, -0.2) is 39.3 Å². The lowest BCUT2D eigenvalue weighted by molar-refractivity contribution is 0.0789. The number of carbonyl (C=O) groups excluding carboxylic acids is 1. The van der Waals surface area contributed by atoms with Crippen LogP contribution < -0.4 is 15.4 Å². The van der Waals surface area contributed by atoms with Crippen molar-refractivity contribution in [1.29, 1.82) is 0 Å². The highest BCUT2D eigenvalue weighted by atomic mass is 32.2. The molecule has 7 nitrogen and oxygen atoms in total. The average molecular weight is 564 g/mol. The normalized spacial score (nSPS) is 20.8. The smallest absolute Gasteiger partial charge is 0.251 e. The van der Waals surface area contributed by atoms with Gasteiger partial charge in [-0.2, -0.15) is 0 Å². The fourth-order valence-corrected chi connectivity index (χ4v) is 6.23. The molecule has 0 saturated carbocycles.